The average molecular weight is 577 g/mol. The summed E-state index contributed by atoms with van der Waals surface area (Å²) in [5, 5.41) is 3.38. The minimum atomic E-state index is -4.19. The molecule has 38 heavy (non-hydrogen) atoms. The van der Waals surface area contributed by atoms with Crippen molar-refractivity contribution in [1.29, 1.82) is 0 Å². The summed E-state index contributed by atoms with van der Waals surface area (Å²) in [5.74, 6) is -0.903. The number of anilines is 1. The fraction of sp³-hybridized carbons (Fsp3) is 0.286. The third-order valence-corrected chi connectivity index (χ3v) is 8.51. The Bertz CT molecular complexity index is 1380. The molecule has 10 heteroatoms. The lowest BCUT2D eigenvalue weighted by atomic mass is 10.1. The Labute approximate surface area is 234 Å². The molecular formula is C28H31Cl2N3O4S. The zero-order chi connectivity index (χ0) is 27.9. The number of nitrogens with one attached hydrogen (secondary N) is 1. The Kier molecular flexibility index (Phi) is 10.2. The molecule has 0 radical (unpaired) electrons. The monoisotopic (exact) mass is 575 g/mol. The van der Waals surface area contributed by atoms with Crippen molar-refractivity contribution in [1.82, 2.24) is 10.2 Å². The van der Waals surface area contributed by atoms with Gasteiger partial charge in [0.15, 0.2) is 0 Å². The standard InChI is InChI=1S/C28H31Cl2N3O4S/c1-4-25(28(35)31-5-2)32(18-21-10-6-7-11-23(21)29)27(34)19-33(26-13-9-8-12-24(26)30)38(36,37)22-16-14-20(3)15-17-22/h6-17,25H,4-5,18-19H2,1-3H3,(H,31,35)/t25-/m1/s1. The van der Waals surface area contributed by atoms with Gasteiger partial charge in [-0.1, -0.05) is 78.2 Å². The maximum Gasteiger partial charge on any atom is 0.264 e. The van der Waals surface area contributed by atoms with E-state index >= 15 is 0 Å². The van der Waals surface area contributed by atoms with Crippen molar-refractivity contribution < 1.29 is 18.0 Å². The zero-order valence-electron chi connectivity index (χ0n) is 21.5. The molecule has 2 amide bonds. The van der Waals surface area contributed by atoms with E-state index in [1.165, 1.54) is 17.0 Å². The molecule has 1 N–H and O–H groups in total. The number of carbonyl (C=O) groups is 2. The van der Waals surface area contributed by atoms with Gasteiger partial charge in [0.25, 0.3) is 10.0 Å². The molecule has 0 heterocycles. The Morgan fingerprint density at radius 1 is 0.895 bits per heavy atom. The van der Waals surface area contributed by atoms with Crippen LogP contribution in [-0.2, 0) is 26.2 Å². The predicted octanol–water partition coefficient (Wildman–Crippen LogP) is 5.44. The quantitative estimate of drug-likeness (QED) is 0.330. The van der Waals surface area contributed by atoms with Crippen molar-refractivity contribution in [3.8, 4) is 0 Å². The van der Waals surface area contributed by atoms with Gasteiger partial charge in [-0.3, -0.25) is 13.9 Å². The van der Waals surface area contributed by atoms with Crippen LogP contribution in [0.3, 0.4) is 0 Å². The smallest absolute Gasteiger partial charge is 0.264 e. The van der Waals surface area contributed by atoms with E-state index in [-0.39, 0.29) is 28.1 Å². The first-order valence-corrected chi connectivity index (χ1v) is 14.4. The highest BCUT2D eigenvalue weighted by molar-refractivity contribution is 7.92. The van der Waals surface area contributed by atoms with Gasteiger partial charge in [0.1, 0.15) is 12.6 Å². The lowest BCUT2D eigenvalue weighted by molar-refractivity contribution is -0.140. The maximum absolute atomic E-state index is 13.9. The van der Waals surface area contributed by atoms with Crippen LogP contribution in [0.15, 0.2) is 77.7 Å². The molecule has 0 bridgehead atoms. The molecule has 0 aliphatic heterocycles. The van der Waals surface area contributed by atoms with Gasteiger partial charge in [-0.2, -0.15) is 0 Å². The van der Waals surface area contributed by atoms with Crippen molar-refractivity contribution in [2.24, 2.45) is 0 Å². The fourth-order valence-corrected chi connectivity index (χ4v) is 5.94. The van der Waals surface area contributed by atoms with E-state index in [1.54, 1.807) is 74.5 Å². The summed E-state index contributed by atoms with van der Waals surface area (Å²) in [7, 11) is -4.19. The van der Waals surface area contributed by atoms with Crippen LogP contribution in [0.1, 0.15) is 31.4 Å². The molecule has 3 rings (SSSR count). The molecular weight excluding hydrogens is 545 g/mol. The largest absolute Gasteiger partial charge is 0.355 e. The van der Waals surface area contributed by atoms with Crippen LogP contribution >= 0.6 is 23.2 Å². The zero-order valence-corrected chi connectivity index (χ0v) is 23.9. The SMILES string of the molecule is CCNC(=O)[C@@H](CC)N(Cc1ccccc1Cl)C(=O)CN(c1ccccc1Cl)S(=O)(=O)c1ccc(C)cc1. The predicted molar refractivity (Wildman–Crippen MR) is 152 cm³/mol. The number of hydrogen-bond acceptors (Lipinski definition) is 4. The normalized spacial score (nSPS) is 12.0. The molecule has 0 saturated heterocycles. The van der Waals surface area contributed by atoms with Crippen LogP contribution in [-0.4, -0.2) is 44.3 Å². The van der Waals surface area contributed by atoms with E-state index in [4.69, 9.17) is 23.2 Å². The molecule has 7 nitrogen and oxygen atoms in total. The van der Waals surface area contributed by atoms with Crippen LogP contribution in [0.4, 0.5) is 5.69 Å². The molecule has 1 atom stereocenters. The fourth-order valence-electron chi connectivity index (χ4n) is 4.03. The highest BCUT2D eigenvalue weighted by Crippen LogP contribution is 2.31. The van der Waals surface area contributed by atoms with E-state index in [9.17, 15) is 18.0 Å². The first kappa shape index (κ1) is 29.5. The van der Waals surface area contributed by atoms with E-state index in [1.807, 2.05) is 6.92 Å². The van der Waals surface area contributed by atoms with Gasteiger partial charge >= 0.3 is 0 Å². The van der Waals surface area contributed by atoms with Crippen LogP contribution in [0.5, 0.6) is 0 Å². The lowest BCUT2D eigenvalue weighted by Crippen LogP contribution is -2.52. The summed E-state index contributed by atoms with van der Waals surface area (Å²) >= 11 is 12.8. The van der Waals surface area contributed by atoms with Crippen molar-refractivity contribution in [2.75, 3.05) is 17.4 Å². The van der Waals surface area contributed by atoms with Crippen LogP contribution in [0.2, 0.25) is 10.0 Å². The van der Waals surface area contributed by atoms with Crippen LogP contribution < -0.4 is 9.62 Å². The molecule has 0 aliphatic rings. The minimum Gasteiger partial charge on any atom is -0.355 e. The molecule has 3 aromatic rings. The Morgan fingerprint density at radius 3 is 2.08 bits per heavy atom. The molecule has 0 aliphatic carbocycles. The third kappa shape index (κ3) is 6.87. The highest BCUT2D eigenvalue weighted by Gasteiger charge is 2.34. The number of likely N-dealkylation sites (N-methyl/N-ethyl adjacent to an activating group) is 1. The highest BCUT2D eigenvalue weighted by atomic mass is 35.5. The number of halogens is 2. The summed E-state index contributed by atoms with van der Waals surface area (Å²) in [6, 6.07) is 19.0. The first-order chi connectivity index (χ1) is 18.1. The number of para-hydroxylation sites is 1. The maximum atomic E-state index is 13.9. The molecule has 0 fully saturated rings. The number of nitrogens with zero attached hydrogens (tertiary/aromatic N) is 2. The van der Waals surface area contributed by atoms with E-state index in [2.05, 4.69) is 5.32 Å². The Balaban J connectivity index is 2.08. The van der Waals surface area contributed by atoms with Crippen molar-refractivity contribution in [2.45, 2.75) is 44.7 Å². The summed E-state index contributed by atoms with van der Waals surface area (Å²) in [4.78, 5) is 28.3. The second-order valence-electron chi connectivity index (χ2n) is 8.71. The number of carbonyl (C=O) groups excluding carboxylic acids is 2. The summed E-state index contributed by atoms with van der Waals surface area (Å²) < 4.78 is 28.7. The number of rotatable bonds is 11. The minimum absolute atomic E-state index is 0.0178. The van der Waals surface area contributed by atoms with Gasteiger partial charge in [-0.05, 0) is 56.2 Å². The number of hydrogen-bond donors (Lipinski definition) is 1. The molecule has 3 aromatic carbocycles. The Hall–Kier alpha value is -3.07. The summed E-state index contributed by atoms with van der Waals surface area (Å²) in [6.07, 6.45) is 0.318. The summed E-state index contributed by atoms with van der Waals surface area (Å²) in [5.41, 5.74) is 1.69. The molecule has 0 unspecified atom stereocenters. The average Bonchev–Trinajstić information content (AvgIpc) is 2.89. The van der Waals surface area contributed by atoms with Gasteiger partial charge in [-0.25, -0.2) is 8.42 Å². The first-order valence-electron chi connectivity index (χ1n) is 12.2. The molecule has 0 spiro atoms. The Morgan fingerprint density at radius 2 is 1.50 bits per heavy atom. The topological polar surface area (TPSA) is 86.8 Å². The number of amides is 2. The van der Waals surface area contributed by atoms with Crippen molar-refractivity contribution >= 4 is 50.7 Å². The van der Waals surface area contributed by atoms with Crippen molar-refractivity contribution in [3.05, 3.63) is 94.0 Å². The van der Waals surface area contributed by atoms with Gasteiger partial charge in [-0.15, -0.1) is 0 Å². The van der Waals surface area contributed by atoms with E-state index < -0.39 is 28.5 Å². The third-order valence-electron chi connectivity index (χ3n) is 6.04. The van der Waals surface area contributed by atoms with Crippen molar-refractivity contribution in [3.63, 3.8) is 0 Å². The number of aryl methyl sites for hydroxylation is 1. The molecule has 0 aromatic heterocycles. The van der Waals surface area contributed by atoms with Gasteiger partial charge in [0.2, 0.25) is 11.8 Å². The summed E-state index contributed by atoms with van der Waals surface area (Å²) in [6.45, 7) is 5.27. The van der Waals surface area contributed by atoms with E-state index in [0.717, 1.165) is 9.87 Å². The van der Waals surface area contributed by atoms with Gasteiger partial charge in [0, 0.05) is 18.1 Å². The van der Waals surface area contributed by atoms with Crippen LogP contribution in [0.25, 0.3) is 0 Å². The molecule has 0 saturated carbocycles. The second kappa shape index (κ2) is 13.1. The van der Waals surface area contributed by atoms with Gasteiger partial charge in [0.05, 0.1) is 15.6 Å². The lowest BCUT2D eigenvalue weighted by Gasteiger charge is -2.33. The van der Waals surface area contributed by atoms with Gasteiger partial charge < -0.3 is 10.2 Å². The van der Waals surface area contributed by atoms with E-state index in [0.29, 0.717) is 23.6 Å². The molecule has 202 valence electrons. The number of sulfonamides is 1. The second-order valence-corrected chi connectivity index (χ2v) is 11.4. The van der Waals surface area contributed by atoms with Crippen LogP contribution in [0, 0.1) is 6.92 Å². The number of benzene rings is 3.